The fourth-order valence-electron chi connectivity index (χ4n) is 0.905. The third-order valence-electron chi connectivity index (χ3n) is 1.42. The third kappa shape index (κ3) is 2.74. The molecule has 0 radical (unpaired) electrons. The van der Waals surface area contributed by atoms with Crippen molar-refractivity contribution < 1.29 is 9.90 Å². The molecule has 0 aliphatic rings. The van der Waals surface area contributed by atoms with E-state index in [2.05, 4.69) is 10.2 Å². The van der Waals surface area contributed by atoms with Gasteiger partial charge in [0, 0.05) is 0 Å². The van der Waals surface area contributed by atoms with Crippen LogP contribution in [0.3, 0.4) is 0 Å². The number of nitrogens with two attached hydrogens (primary N) is 1. The van der Waals surface area contributed by atoms with Crippen molar-refractivity contribution in [3.8, 4) is 0 Å². The molecule has 1 aromatic rings. The van der Waals surface area contributed by atoms with Gasteiger partial charge in [-0.05, 0) is 6.42 Å². The van der Waals surface area contributed by atoms with Gasteiger partial charge < -0.3 is 10.9 Å². The van der Waals surface area contributed by atoms with Gasteiger partial charge in [0.2, 0.25) is 0 Å². The summed E-state index contributed by atoms with van der Waals surface area (Å²) in [4.78, 5) is 11.5. The number of hydrogen-bond donors (Lipinski definition) is 2. The lowest BCUT2D eigenvalue weighted by Gasteiger charge is -1.94. The average Bonchev–Trinajstić information content (AvgIpc) is 2.46. The van der Waals surface area contributed by atoms with Crippen LogP contribution in [0.2, 0.25) is 0 Å². The molecule has 0 atom stereocenters. The van der Waals surface area contributed by atoms with E-state index in [-0.39, 0.29) is 23.7 Å². The topological polar surface area (TPSA) is 94.0 Å². The molecule has 0 bridgehead atoms. The number of nitrogen functional groups attached to an aromatic ring is 1. The highest BCUT2D eigenvalue weighted by Crippen LogP contribution is 2.10. The van der Waals surface area contributed by atoms with Crippen LogP contribution < -0.4 is 5.84 Å². The second-order valence-corrected chi connectivity index (χ2v) is 2.38. The number of carboxylic acids is 1. The molecular formula is C7H11ClN4O2. The molecule has 1 heterocycles. The summed E-state index contributed by atoms with van der Waals surface area (Å²) in [6.45, 7) is 1.84. The summed E-state index contributed by atoms with van der Waals surface area (Å²) >= 11 is 0. The monoisotopic (exact) mass is 218 g/mol. The van der Waals surface area contributed by atoms with E-state index in [4.69, 9.17) is 10.9 Å². The van der Waals surface area contributed by atoms with E-state index in [1.165, 1.54) is 6.20 Å². The van der Waals surface area contributed by atoms with Crippen LogP contribution in [0.4, 0.5) is 0 Å². The molecule has 0 aromatic carbocycles. The number of allylic oxidation sites excluding steroid dienone is 1. The maximum absolute atomic E-state index is 10.7. The number of carboxylic acid groups (broad SMARTS) is 1. The van der Waals surface area contributed by atoms with Crippen molar-refractivity contribution >= 4 is 23.9 Å². The van der Waals surface area contributed by atoms with Crippen molar-refractivity contribution in [1.82, 2.24) is 15.1 Å². The third-order valence-corrected chi connectivity index (χ3v) is 1.42. The van der Waals surface area contributed by atoms with E-state index in [9.17, 15) is 4.79 Å². The molecule has 14 heavy (non-hydrogen) atoms. The zero-order valence-electron chi connectivity index (χ0n) is 7.54. The summed E-state index contributed by atoms with van der Waals surface area (Å²) < 4.78 is 0. The standard InChI is InChI=1S/C7H10N4O2.ClH/c1-2-3-5(7(12)13)6-4-9-11(8)10-6;/h3-4H,2,8H2,1H3,(H,12,13);1H/b5-3-;. The number of carbonyl (C=O) groups is 1. The Balaban J connectivity index is 0.00000169. The minimum atomic E-state index is -1.03. The van der Waals surface area contributed by atoms with Gasteiger partial charge in [-0.3, -0.25) is 0 Å². The van der Waals surface area contributed by atoms with E-state index in [1.54, 1.807) is 6.08 Å². The molecule has 0 unspecified atom stereocenters. The number of hydrogen-bond acceptors (Lipinski definition) is 4. The van der Waals surface area contributed by atoms with Crippen LogP contribution in [0.1, 0.15) is 19.0 Å². The van der Waals surface area contributed by atoms with Crippen LogP contribution in [0.15, 0.2) is 12.3 Å². The van der Waals surface area contributed by atoms with E-state index < -0.39 is 5.97 Å². The van der Waals surface area contributed by atoms with Crippen LogP contribution in [0, 0.1) is 0 Å². The Kier molecular flexibility index (Phi) is 4.65. The van der Waals surface area contributed by atoms with E-state index >= 15 is 0 Å². The Morgan fingerprint density at radius 3 is 2.79 bits per heavy atom. The van der Waals surface area contributed by atoms with Crippen LogP contribution >= 0.6 is 12.4 Å². The lowest BCUT2D eigenvalue weighted by molar-refractivity contribution is -0.130. The second-order valence-electron chi connectivity index (χ2n) is 2.38. The van der Waals surface area contributed by atoms with Crippen LogP contribution in [0.5, 0.6) is 0 Å². The molecule has 0 aliphatic heterocycles. The maximum atomic E-state index is 10.7. The Bertz CT molecular complexity index is 347. The molecule has 0 saturated carbocycles. The molecule has 0 aliphatic carbocycles. The summed E-state index contributed by atoms with van der Waals surface area (Å²) in [6, 6.07) is 0. The minimum absolute atomic E-state index is 0. The van der Waals surface area contributed by atoms with Crippen LogP contribution in [0.25, 0.3) is 5.57 Å². The van der Waals surface area contributed by atoms with Gasteiger partial charge in [-0.25, -0.2) is 4.79 Å². The summed E-state index contributed by atoms with van der Waals surface area (Å²) in [5, 5.41) is 16.0. The number of rotatable bonds is 3. The van der Waals surface area contributed by atoms with E-state index in [0.29, 0.717) is 6.42 Å². The van der Waals surface area contributed by atoms with Gasteiger partial charge in [0.25, 0.3) is 0 Å². The fourth-order valence-corrected chi connectivity index (χ4v) is 0.905. The first-order valence-electron chi connectivity index (χ1n) is 3.76. The Hall–Kier alpha value is -1.56. The molecule has 0 amide bonds. The Labute approximate surface area is 86.8 Å². The molecule has 1 aromatic heterocycles. The normalized spacial score (nSPS) is 10.8. The molecule has 6 nitrogen and oxygen atoms in total. The molecule has 78 valence electrons. The summed E-state index contributed by atoms with van der Waals surface area (Å²) in [5.41, 5.74) is 0.399. The molecule has 7 heteroatoms. The van der Waals surface area contributed by atoms with Crippen molar-refractivity contribution in [2.75, 3.05) is 5.84 Å². The predicted octanol–water partition coefficient (Wildman–Crippen LogP) is 0.292. The number of halogens is 1. The average molecular weight is 219 g/mol. The number of nitrogens with zero attached hydrogens (tertiary/aromatic N) is 3. The van der Waals surface area contributed by atoms with Gasteiger partial charge >= 0.3 is 5.97 Å². The van der Waals surface area contributed by atoms with Crippen LogP contribution in [-0.2, 0) is 4.79 Å². The molecule has 0 fully saturated rings. The molecular weight excluding hydrogens is 208 g/mol. The number of aromatic nitrogens is 3. The SMILES string of the molecule is CC/C=C(\C(=O)O)c1cnn(N)n1.Cl. The largest absolute Gasteiger partial charge is 0.478 e. The van der Waals surface area contributed by atoms with Crippen molar-refractivity contribution in [1.29, 1.82) is 0 Å². The smallest absolute Gasteiger partial charge is 0.337 e. The van der Waals surface area contributed by atoms with E-state index in [0.717, 1.165) is 4.91 Å². The molecule has 3 N–H and O–H groups in total. The van der Waals surface area contributed by atoms with Crippen LogP contribution in [-0.4, -0.2) is 26.2 Å². The zero-order chi connectivity index (χ0) is 9.84. The van der Waals surface area contributed by atoms with Gasteiger partial charge in [0.1, 0.15) is 5.69 Å². The first kappa shape index (κ1) is 12.4. The number of aliphatic carboxylic acids is 1. The predicted molar refractivity (Wildman–Crippen MR) is 53.3 cm³/mol. The van der Waals surface area contributed by atoms with Gasteiger partial charge in [-0.15, -0.1) is 22.6 Å². The molecule has 0 saturated heterocycles. The summed E-state index contributed by atoms with van der Waals surface area (Å²) in [6.07, 6.45) is 3.50. The maximum Gasteiger partial charge on any atom is 0.337 e. The first-order valence-corrected chi connectivity index (χ1v) is 3.76. The highest BCUT2D eigenvalue weighted by molar-refractivity contribution is 6.14. The lowest BCUT2D eigenvalue weighted by atomic mass is 10.2. The summed E-state index contributed by atoms with van der Waals surface area (Å²) in [5.74, 6) is 4.16. The van der Waals surface area contributed by atoms with Gasteiger partial charge in [-0.1, -0.05) is 17.9 Å². The molecule has 1 rings (SSSR count). The minimum Gasteiger partial charge on any atom is -0.478 e. The van der Waals surface area contributed by atoms with Gasteiger partial charge in [0.05, 0.1) is 11.8 Å². The van der Waals surface area contributed by atoms with Crippen molar-refractivity contribution in [3.05, 3.63) is 18.0 Å². The lowest BCUT2D eigenvalue weighted by Crippen LogP contribution is -2.12. The van der Waals surface area contributed by atoms with Gasteiger partial charge in [0.15, 0.2) is 0 Å². The zero-order valence-corrected chi connectivity index (χ0v) is 8.36. The Morgan fingerprint density at radius 2 is 2.43 bits per heavy atom. The summed E-state index contributed by atoms with van der Waals surface area (Å²) in [7, 11) is 0. The van der Waals surface area contributed by atoms with E-state index in [1.807, 2.05) is 6.92 Å². The van der Waals surface area contributed by atoms with Crippen molar-refractivity contribution in [3.63, 3.8) is 0 Å². The highest BCUT2D eigenvalue weighted by atomic mass is 35.5. The van der Waals surface area contributed by atoms with Gasteiger partial charge in [-0.2, -0.15) is 0 Å². The quantitative estimate of drug-likeness (QED) is 0.562. The Morgan fingerprint density at radius 1 is 1.79 bits per heavy atom. The van der Waals surface area contributed by atoms with Crippen molar-refractivity contribution in [2.24, 2.45) is 0 Å². The van der Waals surface area contributed by atoms with Crippen molar-refractivity contribution in [2.45, 2.75) is 13.3 Å². The fraction of sp³-hybridized carbons (Fsp3) is 0.286. The second kappa shape index (κ2) is 5.23. The first-order chi connectivity index (χ1) is 6.15. The highest BCUT2D eigenvalue weighted by Gasteiger charge is 2.12. The molecule has 0 spiro atoms.